The molecule has 1 aromatic heterocycles. The van der Waals surface area contributed by atoms with Crippen LogP contribution in [-0.4, -0.2) is 86.0 Å². The Hall–Kier alpha value is -2.95. The topological polar surface area (TPSA) is 244 Å². The Balaban J connectivity index is 1.18. The molecule has 0 radical (unpaired) electrons. The van der Waals surface area contributed by atoms with Gasteiger partial charge in [-0.2, -0.15) is 25.3 Å². The van der Waals surface area contributed by atoms with Crippen molar-refractivity contribution in [3.05, 3.63) is 48.4 Å². The van der Waals surface area contributed by atoms with Crippen molar-refractivity contribution < 1.29 is 65.7 Å². The summed E-state index contributed by atoms with van der Waals surface area (Å²) >= 11 is 0. The fourth-order valence-corrected chi connectivity index (χ4v) is 13.3. The number of carbonyl (C=O) groups excluding carboxylic acids is 1. The van der Waals surface area contributed by atoms with Gasteiger partial charge in [-0.05, 0) is 141 Å². The Bertz CT molecular complexity index is 2230. The number of aromatic nitrogens is 2. The van der Waals surface area contributed by atoms with E-state index in [9.17, 15) is 43.7 Å². The molecule has 0 spiro atoms. The zero-order valence-electron chi connectivity index (χ0n) is 34.1. The predicted octanol–water partition coefficient (Wildman–Crippen LogP) is 6.06. The Morgan fingerprint density at radius 3 is 2.05 bits per heavy atom. The number of esters is 1. The third-order valence-corrected chi connectivity index (χ3v) is 15.7. The molecule has 1 aromatic carbocycles. The van der Waals surface area contributed by atoms with Gasteiger partial charge in [-0.1, -0.05) is 27.4 Å². The summed E-state index contributed by atoms with van der Waals surface area (Å²) in [5.74, 6) is -0.190. The summed E-state index contributed by atoms with van der Waals surface area (Å²) in [5.41, 5.74) is 1.03. The molecule has 4 aliphatic carbocycles. The number of fused-ring (bicyclic) bond motifs is 5. The first-order valence-corrected chi connectivity index (χ1v) is 23.9. The average molecular weight is 889 g/mol. The molecule has 0 saturated heterocycles. The highest BCUT2D eigenvalue weighted by Gasteiger charge is 2.65. The number of benzene rings is 1. The van der Waals surface area contributed by atoms with Gasteiger partial charge in [0.15, 0.2) is 0 Å². The van der Waals surface area contributed by atoms with Crippen LogP contribution in [0.3, 0.4) is 0 Å². The Morgan fingerprint density at radius 2 is 1.46 bits per heavy atom. The van der Waals surface area contributed by atoms with Gasteiger partial charge in [0.05, 0.1) is 18.9 Å². The van der Waals surface area contributed by atoms with Gasteiger partial charge in [-0.3, -0.25) is 13.7 Å². The second kappa shape index (κ2) is 16.7. The second-order valence-electron chi connectivity index (χ2n) is 17.7. The highest BCUT2D eigenvalue weighted by molar-refractivity contribution is 7.81. The van der Waals surface area contributed by atoms with Crippen molar-refractivity contribution >= 4 is 37.2 Å². The first-order chi connectivity index (χ1) is 27.3. The summed E-state index contributed by atoms with van der Waals surface area (Å²) in [5, 5.41) is 0. The predicted molar refractivity (Wildman–Crippen MR) is 213 cm³/mol. The summed E-state index contributed by atoms with van der Waals surface area (Å²) < 4.78 is 129. The number of hydrogen-bond donors (Lipinski definition) is 3. The minimum Gasteiger partial charge on any atom is -0.497 e. The van der Waals surface area contributed by atoms with Crippen molar-refractivity contribution in [2.75, 3.05) is 7.11 Å². The van der Waals surface area contributed by atoms with E-state index in [-0.39, 0.29) is 60.1 Å². The number of hydrogen-bond acceptors (Lipinski definition) is 13. The molecular formula is C39H56N2O15S3. The van der Waals surface area contributed by atoms with Gasteiger partial charge in [-0.15, -0.1) is 0 Å². The third kappa shape index (κ3) is 9.91. The summed E-state index contributed by atoms with van der Waals surface area (Å²) in [6.07, 6.45) is 1.10. The van der Waals surface area contributed by atoms with Gasteiger partial charge < -0.3 is 14.0 Å². The maximum Gasteiger partial charge on any atom is 0.397 e. The van der Waals surface area contributed by atoms with E-state index in [1.165, 1.54) is 0 Å². The van der Waals surface area contributed by atoms with E-state index in [0.29, 0.717) is 29.9 Å². The maximum atomic E-state index is 13.5. The molecule has 17 nitrogen and oxygen atoms in total. The lowest BCUT2D eigenvalue weighted by molar-refractivity contribution is -0.184. The molecule has 4 saturated carbocycles. The van der Waals surface area contributed by atoms with Crippen molar-refractivity contribution in [3.63, 3.8) is 0 Å². The Kier molecular flexibility index (Phi) is 12.9. The van der Waals surface area contributed by atoms with Crippen LogP contribution in [0.4, 0.5) is 0 Å². The van der Waals surface area contributed by atoms with E-state index in [2.05, 4.69) is 25.4 Å². The minimum atomic E-state index is -5.13. The Labute approximate surface area is 347 Å². The number of imidazole rings is 1. The number of aryl methyl sites for hydroxylation is 1. The molecule has 0 unspecified atom stereocenters. The van der Waals surface area contributed by atoms with Gasteiger partial charge in [0, 0.05) is 18.8 Å². The first kappa shape index (κ1) is 45.6. The van der Waals surface area contributed by atoms with Gasteiger partial charge in [0.1, 0.15) is 24.1 Å². The molecular weight excluding hydrogens is 833 g/mol. The third-order valence-electron chi connectivity index (χ3n) is 14.3. The molecule has 0 aliphatic heterocycles. The van der Waals surface area contributed by atoms with Crippen LogP contribution in [0.2, 0.25) is 0 Å². The molecule has 4 fully saturated rings. The molecule has 6 rings (SSSR count). The Morgan fingerprint density at radius 1 is 0.864 bits per heavy atom. The van der Waals surface area contributed by atoms with E-state index in [1.807, 2.05) is 38.1 Å². The molecule has 59 heavy (non-hydrogen) atoms. The second-order valence-corrected chi connectivity index (χ2v) is 20.8. The lowest BCUT2D eigenvalue weighted by Gasteiger charge is -2.63. The van der Waals surface area contributed by atoms with Crippen molar-refractivity contribution in [1.29, 1.82) is 0 Å². The zero-order chi connectivity index (χ0) is 43.5. The minimum absolute atomic E-state index is 0.0878. The quantitative estimate of drug-likeness (QED) is 0.105. The normalized spacial score (nSPS) is 33.2. The monoisotopic (exact) mass is 888 g/mol. The molecule has 12 atom stereocenters. The largest absolute Gasteiger partial charge is 0.497 e. The highest BCUT2D eigenvalue weighted by Crippen LogP contribution is 2.69. The molecule has 330 valence electrons. The van der Waals surface area contributed by atoms with Crippen LogP contribution in [0.5, 0.6) is 5.75 Å². The van der Waals surface area contributed by atoms with E-state index in [4.69, 9.17) is 22.0 Å². The van der Waals surface area contributed by atoms with Crippen LogP contribution in [-0.2, 0) is 55.5 Å². The SMILES string of the molecule is C=C(C)[C@@H](CC[C@@H](C)[C@H]1CC[C@H]2[C@@H]3C[C@H](OS(=O)(=O)O)[C@H]4C[C@@H](OS(=O)(=O)O)[C@@H](OS(=O)(=O)O)C[C@]4(C)[C@H]3CC[C@]12C)OC(=O)c1nc(-c2ccc(OC)cc2)cn1C. The van der Waals surface area contributed by atoms with Crippen LogP contribution >= 0.6 is 0 Å². The molecule has 20 heteroatoms. The number of nitrogens with zero attached hydrogens (tertiary/aromatic N) is 2. The smallest absolute Gasteiger partial charge is 0.397 e. The summed E-state index contributed by atoms with van der Waals surface area (Å²) in [6.45, 7) is 12.2. The van der Waals surface area contributed by atoms with Crippen LogP contribution in [0.25, 0.3) is 11.3 Å². The fourth-order valence-electron chi connectivity index (χ4n) is 11.8. The molecule has 4 aliphatic rings. The number of methoxy groups -OCH3 is 1. The number of rotatable bonds is 15. The van der Waals surface area contributed by atoms with Crippen molar-refractivity contribution in [2.24, 2.45) is 53.4 Å². The van der Waals surface area contributed by atoms with Crippen LogP contribution in [0.1, 0.15) is 96.1 Å². The summed E-state index contributed by atoms with van der Waals surface area (Å²) in [7, 11) is -11.9. The molecule has 3 N–H and O–H groups in total. The molecule has 0 amide bonds. The standard InChI is InChI=1S/C39H56N2O15S3/c1-22(2)32(53-37(42)36-40-31(21-41(36)6)24-9-11-25(52-7)12-10-24)15-8-23(3)27-13-14-28-26-18-33(54-57(43,44)45)30-19-34(55-58(46,47)48)35(56-59(49,50)51)20-39(30,5)29(26)16-17-38(27,28)4/h9-12,21,23,26-30,32-35H,1,8,13-20H2,2-7H3,(H,43,44,45)(H,46,47,48)(H,49,50,51)/t23-,26+,27-,28+,29+,30-,32-,33+,34-,35+,38-,39-/m1/s1. The number of carbonyl (C=O) groups is 1. The van der Waals surface area contributed by atoms with Crippen molar-refractivity contribution in [1.82, 2.24) is 9.55 Å². The number of ether oxygens (including phenoxy) is 2. The van der Waals surface area contributed by atoms with Crippen molar-refractivity contribution in [2.45, 2.75) is 110 Å². The fraction of sp³-hybridized carbons (Fsp3) is 0.692. The molecule has 1 heterocycles. The molecule has 0 bridgehead atoms. The maximum absolute atomic E-state index is 13.5. The summed E-state index contributed by atoms with van der Waals surface area (Å²) in [6, 6.07) is 7.36. The van der Waals surface area contributed by atoms with Crippen LogP contribution in [0.15, 0.2) is 42.6 Å². The lowest BCUT2D eigenvalue weighted by Crippen LogP contribution is -2.62. The van der Waals surface area contributed by atoms with E-state index >= 15 is 0 Å². The van der Waals surface area contributed by atoms with Gasteiger partial charge in [0.25, 0.3) is 0 Å². The van der Waals surface area contributed by atoms with Gasteiger partial charge >= 0.3 is 37.2 Å². The van der Waals surface area contributed by atoms with Gasteiger partial charge in [0.2, 0.25) is 5.82 Å². The van der Waals surface area contributed by atoms with Crippen molar-refractivity contribution in [3.8, 4) is 17.0 Å². The first-order valence-electron chi connectivity index (χ1n) is 19.8. The highest BCUT2D eigenvalue weighted by atomic mass is 32.3. The van der Waals surface area contributed by atoms with Crippen LogP contribution < -0.4 is 4.74 Å². The van der Waals surface area contributed by atoms with Crippen LogP contribution in [0, 0.1) is 46.3 Å². The zero-order valence-corrected chi connectivity index (χ0v) is 36.5. The van der Waals surface area contributed by atoms with E-state index < -0.39 is 72.9 Å². The molecule has 2 aromatic rings. The average Bonchev–Trinajstić information content (AvgIpc) is 3.68. The lowest BCUT2D eigenvalue weighted by atomic mass is 9.43. The van der Waals surface area contributed by atoms with E-state index in [0.717, 1.165) is 31.2 Å². The summed E-state index contributed by atoms with van der Waals surface area (Å²) in [4.78, 5) is 18.0. The van der Waals surface area contributed by atoms with Gasteiger partial charge in [-0.25, -0.2) is 22.3 Å². The van der Waals surface area contributed by atoms with E-state index in [1.54, 1.807) is 24.9 Å².